The number of hydrogen-bond donors (Lipinski definition) is 1. The number of anilines is 1. The van der Waals surface area contributed by atoms with Crippen molar-refractivity contribution < 1.29 is 5.11 Å². The van der Waals surface area contributed by atoms with Crippen LogP contribution in [0, 0.1) is 6.92 Å². The highest BCUT2D eigenvalue weighted by atomic mass is 16.3. The highest BCUT2D eigenvalue weighted by molar-refractivity contribution is 5.63. The molecule has 7 heteroatoms. The van der Waals surface area contributed by atoms with E-state index in [0.717, 1.165) is 50.0 Å². The Kier molecular flexibility index (Phi) is 3.31. The average molecular weight is 262 g/mol. The SMILES string of the molecule is Cc1nnc2c(N3CCN(CCO)CC3)nccn12. The Labute approximate surface area is 111 Å². The first-order chi connectivity index (χ1) is 9.29. The van der Waals surface area contributed by atoms with Gasteiger partial charge in [-0.15, -0.1) is 10.2 Å². The summed E-state index contributed by atoms with van der Waals surface area (Å²) in [6.07, 6.45) is 3.68. The van der Waals surface area contributed by atoms with Crippen LogP contribution in [0.25, 0.3) is 5.65 Å². The molecule has 1 saturated heterocycles. The molecule has 0 atom stereocenters. The lowest BCUT2D eigenvalue weighted by Crippen LogP contribution is -2.47. The molecule has 0 aromatic carbocycles. The number of nitrogens with zero attached hydrogens (tertiary/aromatic N) is 6. The Morgan fingerprint density at radius 3 is 2.74 bits per heavy atom. The topological polar surface area (TPSA) is 69.8 Å². The molecular weight excluding hydrogens is 244 g/mol. The van der Waals surface area contributed by atoms with Crippen LogP contribution in [-0.2, 0) is 0 Å². The van der Waals surface area contributed by atoms with Gasteiger partial charge in [0.15, 0.2) is 5.82 Å². The van der Waals surface area contributed by atoms with E-state index >= 15 is 0 Å². The summed E-state index contributed by atoms with van der Waals surface area (Å²) < 4.78 is 1.96. The van der Waals surface area contributed by atoms with Crippen LogP contribution >= 0.6 is 0 Å². The molecule has 2 aromatic heterocycles. The van der Waals surface area contributed by atoms with E-state index in [2.05, 4.69) is 25.0 Å². The van der Waals surface area contributed by atoms with Crippen LogP contribution in [-0.4, -0.2) is 68.9 Å². The molecule has 3 rings (SSSR count). The number of aliphatic hydroxyl groups is 1. The summed E-state index contributed by atoms with van der Waals surface area (Å²) in [5.74, 6) is 1.77. The molecule has 0 unspecified atom stereocenters. The summed E-state index contributed by atoms with van der Waals surface area (Å²) in [6.45, 7) is 6.58. The summed E-state index contributed by atoms with van der Waals surface area (Å²) in [6, 6.07) is 0. The van der Waals surface area contributed by atoms with Crippen molar-refractivity contribution in [2.24, 2.45) is 0 Å². The minimum atomic E-state index is 0.219. The van der Waals surface area contributed by atoms with Gasteiger partial charge >= 0.3 is 0 Å². The summed E-state index contributed by atoms with van der Waals surface area (Å²) in [7, 11) is 0. The fourth-order valence-corrected chi connectivity index (χ4v) is 2.48. The molecule has 7 nitrogen and oxygen atoms in total. The van der Waals surface area contributed by atoms with E-state index in [1.807, 2.05) is 17.5 Å². The zero-order valence-corrected chi connectivity index (χ0v) is 11.0. The van der Waals surface area contributed by atoms with Crippen LogP contribution in [0.3, 0.4) is 0 Å². The number of β-amino-alcohol motifs (C(OH)–C–C–N with tert-alkyl or cyclic N) is 1. The van der Waals surface area contributed by atoms with Crippen LogP contribution in [0.5, 0.6) is 0 Å². The maximum atomic E-state index is 8.96. The van der Waals surface area contributed by atoms with Crippen molar-refractivity contribution >= 4 is 11.5 Å². The molecule has 19 heavy (non-hydrogen) atoms. The highest BCUT2D eigenvalue weighted by Crippen LogP contribution is 2.18. The van der Waals surface area contributed by atoms with E-state index in [4.69, 9.17) is 5.11 Å². The molecule has 1 fully saturated rings. The van der Waals surface area contributed by atoms with Crippen molar-refractivity contribution in [3.8, 4) is 0 Å². The Bertz CT molecular complexity index is 560. The number of aromatic nitrogens is 4. The molecule has 1 N–H and O–H groups in total. The molecule has 1 aliphatic rings. The monoisotopic (exact) mass is 262 g/mol. The molecule has 2 aromatic rings. The van der Waals surface area contributed by atoms with Crippen LogP contribution in [0.15, 0.2) is 12.4 Å². The summed E-state index contributed by atoms with van der Waals surface area (Å²) in [4.78, 5) is 8.94. The average Bonchev–Trinajstić information content (AvgIpc) is 2.82. The van der Waals surface area contributed by atoms with Gasteiger partial charge in [0.05, 0.1) is 6.61 Å². The molecular formula is C12H18N6O. The second kappa shape index (κ2) is 5.10. The first-order valence-corrected chi connectivity index (χ1v) is 6.54. The highest BCUT2D eigenvalue weighted by Gasteiger charge is 2.20. The van der Waals surface area contributed by atoms with Crippen molar-refractivity contribution in [3.63, 3.8) is 0 Å². The van der Waals surface area contributed by atoms with Gasteiger partial charge in [0, 0.05) is 45.1 Å². The molecule has 0 spiro atoms. The molecule has 3 heterocycles. The summed E-state index contributed by atoms with van der Waals surface area (Å²) in [5, 5.41) is 17.3. The predicted molar refractivity (Wildman–Crippen MR) is 71.3 cm³/mol. The van der Waals surface area contributed by atoms with Gasteiger partial charge in [-0.2, -0.15) is 0 Å². The zero-order chi connectivity index (χ0) is 13.2. The maximum Gasteiger partial charge on any atom is 0.203 e. The fourth-order valence-electron chi connectivity index (χ4n) is 2.48. The fraction of sp³-hybridized carbons (Fsp3) is 0.583. The van der Waals surface area contributed by atoms with E-state index in [9.17, 15) is 0 Å². The van der Waals surface area contributed by atoms with Crippen LogP contribution in [0.4, 0.5) is 5.82 Å². The number of fused-ring (bicyclic) bond motifs is 1. The van der Waals surface area contributed by atoms with E-state index in [1.54, 1.807) is 6.20 Å². The van der Waals surface area contributed by atoms with Gasteiger partial charge in [-0.05, 0) is 6.92 Å². The number of hydrogen-bond acceptors (Lipinski definition) is 6. The van der Waals surface area contributed by atoms with Crippen molar-refractivity contribution in [1.29, 1.82) is 0 Å². The standard InChI is InChI=1S/C12H18N6O/c1-10-14-15-12-11(13-2-3-18(10)12)17-6-4-16(5-7-17)8-9-19/h2-3,19H,4-9H2,1H3. The molecule has 0 aliphatic carbocycles. The third-order valence-corrected chi connectivity index (χ3v) is 3.57. The molecule has 0 bridgehead atoms. The predicted octanol–water partition coefficient (Wildman–Crippen LogP) is -0.453. The first-order valence-electron chi connectivity index (χ1n) is 6.54. The molecule has 1 aliphatic heterocycles. The van der Waals surface area contributed by atoms with Gasteiger partial charge in [0.1, 0.15) is 5.82 Å². The Morgan fingerprint density at radius 1 is 1.21 bits per heavy atom. The van der Waals surface area contributed by atoms with Crippen LogP contribution < -0.4 is 4.90 Å². The minimum Gasteiger partial charge on any atom is -0.395 e. The molecule has 0 amide bonds. The quantitative estimate of drug-likeness (QED) is 0.808. The summed E-state index contributed by atoms with van der Waals surface area (Å²) >= 11 is 0. The van der Waals surface area contributed by atoms with Crippen molar-refractivity contribution in [1.82, 2.24) is 24.5 Å². The van der Waals surface area contributed by atoms with E-state index < -0.39 is 0 Å². The zero-order valence-electron chi connectivity index (χ0n) is 11.0. The van der Waals surface area contributed by atoms with Crippen molar-refractivity contribution in [2.45, 2.75) is 6.92 Å². The maximum absolute atomic E-state index is 8.96. The number of aliphatic hydroxyl groups excluding tert-OH is 1. The van der Waals surface area contributed by atoms with Gasteiger partial charge < -0.3 is 10.0 Å². The Balaban J connectivity index is 1.82. The van der Waals surface area contributed by atoms with Gasteiger partial charge in [-0.25, -0.2) is 4.98 Å². The Hall–Kier alpha value is -1.73. The summed E-state index contributed by atoms with van der Waals surface area (Å²) in [5.41, 5.74) is 0.815. The second-order valence-electron chi connectivity index (χ2n) is 4.74. The Morgan fingerprint density at radius 2 is 2.00 bits per heavy atom. The van der Waals surface area contributed by atoms with E-state index in [-0.39, 0.29) is 6.61 Å². The molecule has 102 valence electrons. The number of aryl methyl sites for hydroxylation is 1. The third kappa shape index (κ3) is 2.26. The van der Waals surface area contributed by atoms with Crippen molar-refractivity contribution in [2.75, 3.05) is 44.2 Å². The normalized spacial score (nSPS) is 17.3. The van der Waals surface area contributed by atoms with E-state index in [1.165, 1.54) is 0 Å². The van der Waals surface area contributed by atoms with Gasteiger partial charge in [-0.3, -0.25) is 9.30 Å². The lowest BCUT2D eigenvalue weighted by molar-refractivity contribution is 0.188. The van der Waals surface area contributed by atoms with Gasteiger partial charge in [-0.1, -0.05) is 0 Å². The van der Waals surface area contributed by atoms with Crippen LogP contribution in [0.1, 0.15) is 5.82 Å². The second-order valence-corrected chi connectivity index (χ2v) is 4.74. The van der Waals surface area contributed by atoms with Gasteiger partial charge in [0.25, 0.3) is 0 Å². The molecule has 0 radical (unpaired) electrons. The smallest absolute Gasteiger partial charge is 0.203 e. The lowest BCUT2D eigenvalue weighted by atomic mass is 10.3. The first kappa shape index (κ1) is 12.3. The number of rotatable bonds is 3. The van der Waals surface area contributed by atoms with Crippen molar-refractivity contribution in [3.05, 3.63) is 18.2 Å². The largest absolute Gasteiger partial charge is 0.395 e. The lowest BCUT2D eigenvalue weighted by Gasteiger charge is -2.34. The number of piperazine rings is 1. The minimum absolute atomic E-state index is 0.219. The van der Waals surface area contributed by atoms with Gasteiger partial charge in [0.2, 0.25) is 5.65 Å². The third-order valence-electron chi connectivity index (χ3n) is 3.57. The van der Waals surface area contributed by atoms with Crippen LogP contribution in [0.2, 0.25) is 0 Å². The van der Waals surface area contributed by atoms with E-state index in [0.29, 0.717) is 0 Å². The molecule has 0 saturated carbocycles.